The van der Waals surface area contributed by atoms with Crippen LogP contribution in [0.15, 0.2) is 28.9 Å². The predicted octanol–water partition coefficient (Wildman–Crippen LogP) is 2.63. The fourth-order valence-electron chi connectivity index (χ4n) is 4.04. The fraction of sp³-hybridized carbons (Fsp3) is 0.333. The second-order valence-corrected chi connectivity index (χ2v) is 7.81. The van der Waals surface area contributed by atoms with E-state index >= 15 is 0 Å². The number of ketones is 1. The molecule has 166 valence electrons. The summed E-state index contributed by atoms with van der Waals surface area (Å²) in [7, 11) is 0. The Bertz CT molecular complexity index is 1190. The second kappa shape index (κ2) is 8.69. The van der Waals surface area contributed by atoms with Gasteiger partial charge in [-0.3, -0.25) is 19.5 Å². The van der Waals surface area contributed by atoms with E-state index in [4.69, 9.17) is 5.73 Å². The Morgan fingerprint density at radius 1 is 1.16 bits per heavy atom. The molecule has 2 atom stereocenters. The summed E-state index contributed by atoms with van der Waals surface area (Å²) in [5.41, 5.74) is 6.74. The highest BCUT2D eigenvalue weighted by molar-refractivity contribution is 6.05. The Hall–Kier alpha value is -3.89. The van der Waals surface area contributed by atoms with Crippen LogP contribution in [0.25, 0.3) is 11.3 Å². The largest absolute Gasteiger partial charge is 0.364 e. The molecule has 1 aliphatic rings. The van der Waals surface area contributed by atoms with Crippen molar-refractivity contribution in [1.82, 2.24) is 20.5 Å². The van der Waals surface area contributed by atoms with Gasteiger partial charge in [-0.05, 0) is 48.3 Å². The third kappa shape index (κ3) is 4.13. The maximum absolute atomic E-state index is 14.9. The number of H-pyrrole nitrogens is 1. The third-order valence-corrected chi connectivity index (χ3v) is 5.64. The van der Waals surface area contributed by atoms with Gasteiger partial charge >= 0.3 is 0 Å². The van der Waals surface area contributed by atoms with Gasteiger partial charge < -0.3 is 11.1 Å². The number of amides is 2. The summed E-state index contributed by atoms with van der Waals surface area (Å²) >= 11 is 0. The van der Waals surface area contributed by atoms with Crippen LogP contribution in [0, 0.1) is 24.6 Å². The van der Waals surface area contributed by atoms with Crippen molar-refractivity contribution in [3.8, 4) is 11.3 Å². The number of primary amides is 1. The topological polar surface area (TPSA) is 157 Å². The number of aromatic nitrogens is 4. The maximum atomic E-state index is 14.9. The molecule has 2 aromatic heterocycles. The van der Waals surface area contributed by atoms with Gasteiger partial charge in [-0.15, -0.1) is 0 Å². The van der Waals surface area contributed by atoms with Gasteiger partial charge in [0, 0.05) is 23.1 Å². The van der Waals surface area contributed by atoms with Crippen molar-refractivity contribution in [2.24, 2.45) is 17.6 Å². The summed E-state index contributed by atoms with van der Waals surface area (Å²) in [5, 5.41) is 16.2. The van der Waals surface area contributed by atoms with Crippen molar-refractivity contribution in [2.75, 3.05) is 5.32 Å². The van der Waals surface area contributed by atoms with E-state index in [2.05, 4.69) is 30.5 Å². The zero-order valence-electron chi connectivity index (χ0n) is 17.2. The average Bonchev–Trinajstić information content (AvgIpc) is 3.42. The zero-order valence-corrected chi connectivity index (χ0v) is 17.2. The molecule has 10 nitrogen and oxygen atoms in total. The first kappa shape index (κ1) is 21.3. The summed E-state index contributed by atoms with van der Waals surface area (Å²) in [5.74, 6) is -4.19. The summed E-state index contributed by atoms with van der Waals surface area (Å²) in [6.07, 6.45) is 2.36. The molecule has 0 aliphatic heterocycles. The molecule has 0 bridgehead atoms. The molecule has 2 heterocycles. The van der Waals surface area contributed by atoms with E-state index in [1.54, 1.807) is 12.1 Å². The smallest absolute Gasteiger partial charge is 0.274 e. The molecule has 2 unspecified atom stereocenters. The Balaban J connectivity index is 1.55. The lowest BCUT2D eigenvalue weighted by molar-refractivity contribution is -0.122. The van der Waals surface area contributed by atoms with Crippen molar-refractivity contribution >= 4 is 23.4 Å². The zero-order chi connectivity index (χ0) is 22.8. The van der Waals surface area contributed by atoms with Gasteiger partial charge in [0.25, 0.3) is 5.91 Å². The molecular weight excluding hydrogens is 419 g/mol. The normalized spacial score (nSPS) is 18.3. The first-order valence-electron chi connectivity index (χ1n) is 10.1. The number of carbonyl (C=O) groups is 3. The maximum Gasteiger partial charge on any atom is 0.274 e. The number of aryl methyl sites for hydroxylation is 1. The number of aromatic amines is 1. The molecule has 2 amide bonds. The summed E-state index contributed by atoms with van der Waals surface area (Å²) in [6, 6.07) is 6.09. The van der Waals surface area contributed by atoms with Crippen LogP contribution in [0.4, 0.5) is 10.2 Å². The van der Waals surface area contributed by atoms with E-state index < -0.39 is 35.3 Å². The number of nitrogens with one attached hydrogen (secondary N) is 2. The number of nitrogens with zero attached hydrogens (tertiary/aromatic N) is 3. The van der Waals surface area contributed by atoms with E-state index in [9.17, 15) is 18.8 Å². The molecule has 1 aliphatic carbocycles. The molecule has 3 aromatic rings. The highest BCUT2D eigenvalue weighted by Gasteiger charge is 2.37. The number of nitrogens with two attached hydrogens (primary N) is 1. The SMILES string of the molecule is Cc1cc(-c2ccc(C(=O)C3CCCCC3C(=O)Nc3nonc3C(N)=O)c(F)c2)n[nH]1. The number of Topliss-reactive ketones (excluding diaryl/α,β-unsaturated/α-hetero) is 1. The van der Waals surface area contributed by atoms with Crippen LogP contribution >= 0.6 is 0 Å². The van der Waals surface area contributed by atoms with Crippen LogP contribution in [0.3, 0.4) is 0 Å². The number of anilines is 1. The van der Waals surface area contributed by atoms with E-state index in [1.165, 1.54) is 12.1 Å². The lowest BCUT2D eigenvalue weighted by atomic mass is 9.74. The number of rotatable bonds is 6. The molecular formula is C21H21FN6O4. The van der Waals surface area contributed by atoms with E-state index in [0.29, 0.717) is 24.1 Å². The highest BCUT2D eigenvalue weighted by atomic mass is 19.1. The van der Waals surface area contributed by atoms with Gasteiger partial charge in [0.2, 0.25) is 17.4 Å². The lowest BCUT2D eigenvalue weighted by Crippen LogP contribution is -2.37. The number of hydrogen-bond acceptors (Lipinski definition) is 7. The average molecular weight is 440 g/mol. The minimum Gasteiger partial charge on any atom is -0.364 e. The number of hydrogen-bond donors (Lipinski definition) is 3. The van der Waals surface area contributed by atoms with Crippen molar-refractivity contribution in [3.63, 3.8) is 0 Å². The third-order valence-electron chi connectivity index (χ3n) is 5.64. The van der Waals surface area contributed by atoms with Gasteiger partial charge in [0.1, 0.15) is 5.82 Å². The molecule has 4 rings (SSSR count). The van der Waals surface area contributed by atoms with Gasteiger partial charge in [0.15, 0.2) is 5.78 Å². The number of carbonyl (C=O) groups excluding carboxylic acids is 3. The van der Waals surface area contributed by atoms with E-state index in [-0.39, 0.29) is 17.1 Å². The van der Waals surface area contributed by atoms with Crippen LogP contribution in [-0.2, 0) is 4.79 Å². The lowest BCUT2D eigenvalue weighted by Gasteiger charge is -2.29. The second-order valence-electron chi connectivity index (χ2n) is 7.81. The molecule has 0 spiro atoms. The first-order valence-corrected chi connectivity index (χ1v) is 10.1. The number of halogens is 1. The van der Waals surface area contributed by atoms with Crippen LogP contribution in [0.1, 0.15) is 52.2 Å². The standard InChI is InChI=1S/C21H21FN6O4/c1-10-8-16(26-25-10)11-6-7-14(15(22)9-11)18(29)12-4-2-3-5-13(12)21(31)24-20-17(19(23)30)27-32-28-20/h6-9,12-13H,2-5H2,1H3,(H2,23,30)(H,25,26)(H,24,28,31). The molecule has 0 saturated heterocycles. The quantitative estimate of drug-likeness (QED) is 0.497. The van der Waals surface area contributed by atoms with Crippen molar-refractivity contribution in [1.29, 1.82) is 0 Å². The first-order chi connectivity index (χ1) is 15.3. The fourth-order valence-corrected chi connectivity index (χ4v) is 4.04. The van der Waals surface area contributed by atoms with Crippen LogP contribution < -0.4 is 11.1 Å². The minimum atomic E-state index is -0.910. The molecule has 11 heteroatoms. The van der Waals surface area contributed by atoms with Crippen LogP contribution in [-0.4, -0.2) is 38.1 Å². The summed E-state index contributed by atoms with van der Waals surface area (Å²) in [6.45, 7) is 1.83. The Labute approximate surface area is 181 Å². The molecule has 1 aromatic carbocycles. The minimum absolute atomic E-state index is 0.0772. The van der Waals surface area contributed by atoms with Gasteiger partial charge in [-0.2, -0.15) is 5.10 Å². The Kier molecular flexibility index (Phi) is 5.80. The Morgan fingerprint density at radius 2 is 1.91 bits per heavy atom. The molecule has 1 fully saturated rings. The molecule has 4 N–H and O–H groups in total. The monoisotopic (exact) mass is 440 g/mol. The summed E-state index contributed by atoms with van der Waals surface area (Å²) in [4.78, 5) is 37.5. The van der Waals surface area contributed by atoms with E-state index in [1.807, 2.05) is 6.92 Å². The van der Waals surface area contributed by atoms with Gasteiger partial charge in [0.05, 0.1) is 11.3 Å². The van der Waals surface area contributed by atoms with Crippen molar-refractivity contribution in [3.05, 3.63) is 47.0 Å². The number of benzene rings is 1. The predicted molar refractivity (Wildman–Crippen MR) is 110 cm³/mol. The van der Waals surface area contributed by atoms with Crippen LogP contribution in [0.5, 0.6) is 0 Å². The Morgan fingerprint density at radius 3 is 2.56 bits per heavy atom. The highest BCUT2D eigenvalue weighted by Crippen LogP contribution is 2.34. The van der Waals surface area contributed by atoms with Crippen molar-refractivity contribution < 1.29 is 23.4 Å². The van der Waals surface area contributed by atoms with Crippen molar-refractivity contribution in [2.45, 2.75) is 32.6 Å². The summed E-state index contributed by atoms with van der Waals surface area (Å²) < 4.78 is 19.3. The molecule has 1 saturated carbocycles. The molecule has 32 heavy (non-hydrogen) atoms. The van der Waals surface area contributed by atoms with Gasteiger partial charge in [-0.25, -0.2) is 9.02 Å². The molecule has 0 radical (unpaired) electrons. The van der Waals surface area contributed by atoms with Gasteiger partial charge in [-0.1, -0.05) is 18.9 Å². The van der Waals surface area contributed by atoms with E-state index in [0.717, 1.165) is 18.5 Å². The van der Waals surface area contributed by atoms with Crippen LogP contribution in [0.2, 0.25) is 0 Å².